The summed E-state index contributed by atoms with van der Waals surface area (Å²) >= 11 is 0. The summed E-state index contributed by atoms with van der Waals surface area (Å²) in [7, 11) is 0. The van der Waals surface area contributed by atoms with Crippen molar-refractivity contribution in [2.45, 2.75) is 33.1 Å². The quantitative estimate of drug-likeness (QED) is 0.886. The summed E-state index contributed by atoms with van der Waals surface area (Å²) in [5.74, 6) is 1.18. The lowest BCUT2D eigenvalue weighted by atomic mass is 9.90. The van der Waals surface area contributed by atoms with Gasteiger partial charge in [0.2, 0.25) is 0 Å². The molecular formula is C13H19N3O2. The number of carboxylic acid groups (broad SMARTS) is 1. The molecule has 0 radical (unpaired) electrons. The van der Waals surface area contributed by atoms with Gasteiger partial charge in [0.05, 0.1) is 5.41 Å². The van der Waals surface area contributed by atoms with E-state index in [1.807, 2.05) is 24.8 Å². The SMILES string of the molecule is CC(C)c1nccc(N2CCC(C)(C(=O)O)C2)n1. The Morgan fingerprint density at radius 3 is 2.83 bits per heavy atom. The molecule has 0 aromatic carbocycles. The lowest BCUT2D eigenvalue weighted by Crippen LogP contribution is -2.32. The maximum Gasteiger partial charge on any atom is 0.311 e. The summed E-state index contributed by atoms with van der Waals surface area (Å²) in [6.45, 7) is 7.13. The number of aromatic nitrogens is 2. The molecule has 2 heterocycles. The molecule has 1 aromatic heterocycles. The van der Waals surface area contributed by atoms with Gasteiger partial charge in [-0.3, -0.25) is 4.79 Å². The monoisotopic (exact) mass is 249 g/mol. The largest absolute Gasteiger partial charge is 0.481 e. The Bertz CT molecular complexity index is 461. The maximum absolute atomic E-state index is 11.2. The molecule has 18 heavy (non-hydrogen) atoms. The number of hydrogen-bond acceptors (Lipinski definition) is 4. The molecule has 0 bridgehead atoms. The van der Waals surface area contributed by atoms with Crippen molar-refractivity contribution in [3.05, 3.63) is 18.1 Å². The highest BCUT2D eigenvalue weighted by Crippen LogP contribution is 2.32. The van der Waals surface area contributed by atoms with Crippen molar-refractivity contribution < 1.29 is 9.90 Å². The number of carboxylic acids is 1. The van der Waals surface area contributed by atoms with Crippen molar-refractivity contribution in [2.24, 2.45) is 5.41 Å². The minimum Gasteiger partial charge on any atom is -0.481 e. The zero-order chi connectivity index (χ0) is 13.3. The molecule has 1 unspecified atom stereocenters. The predicted molar refractivity (Wildman–Crippen MR) is 68.7 cm³/mol. The summed E-state index contributed by atoms with van der Waals surface area (Å²) in [6.07, 6.45) is 2.40. The van der Waals surface area contributed by atoms with Crippen molar-refractivity contribution in [1.29, 1.82) is 0 Å². The second-order valence-electron chi connectivity index (χ2n) is 5.47. The van der Waals surface area contributed by atoms with Crippen LogP contribution in [0.1, 0.15) is 38.9 Å². The van der Waals surface area contributed by atoms with Gasteiger partial charge in [0.15, 0.2) is 0 Å². The average Bonchev–Trinajstić information content (AvgIpc) is 2.73. The molecule has 5 nitrogen and oxygen atoms in total. The number of nitrogens with zero attached hydrogens (tertiary/aromatic N) is 3. The molecule has 1 aliphatic rings. The molecule has 0 spiro atoms. The first-order chi connectivity index (χ1) is 8.42. The maximum atomic E-state index is 11.2. The smallest absolute Gasteiger partial charge is 0.311 e. The number of aliphatic carboxylic acids is 1. The van der Waals surface area contributed by atoms with E-state index in [1.54, 1.807) is 13.1 Å². The van der Waals surface area contributed by atoms with Crippen LogP contribution in [0, 0.1) is 5.41 Å². The molecule has 1 fully saturated rings. The van der Waals surface area contributed by atoms with E-state index in [0.29, 0.717) is 13.0 Å². The van der Waals surface area contributed by atoms with Gasteiger partial charge >= 0.3 is 5.97 Å². The normalized spacial score (nSPS) is 23.7. The fourth-order valence-corrected chi connectivity index (χ4v) is 2.15. The van der Waals surface area contributed by atoms with Gasteiger partial charge in [0, 0.05) is 25.2 Å². The highest BCUT2D eigenvalue weighted by molar-refractivity contribution is 5.76. The Labute approximate surface area is 107 Å². The molecule has 1 saturated heterocycles. The highest BCUT2D eigenvalue weighted by Gasteiger charge is 2.40. The van der Waals surface area contributed by atoms with Gasteiger partial charge < -0.3 is 10.0 Å². The molecule has 2 rings (SSSR count). The number of rotatable bonds is 3. The van der Waals surface area contributed by atoms with Crippen molar-refractivity contribution in [1.82, 2.24) is 9.97 Å². The Hall–Kier alpha value is -1.65. The highest BCUT2D eigenvalue weighted by atomic mass is 16.4. The Morgan fingerprint density at radius 2 is 2.28 bits per heavy atom. The topological polar surface area (TPSA) is 66.3 Å². The minimum atomic E-state index is -0.733. The van der Waals surface area contributed by atoms with Crippen molar-refractivity contribution in [3.63, 3.8) is 0 Å². The van der Waals surface area contributed by atoms with Crippen molar-refractivity contribution >= 4 is 11.8 Å². The van der Waals surface area contributed by atoms with E-state index < -0.39 is 11.4 Å². The standard InChI is InChI=1S/C13H19N3O2/c1-9(2)11-14-6-4-10(15-11)16-7-5-13(3,8-16)12(17)18/h4,6,9H,5,7-8H2,1-3H3,(H,17,18). The van der Waals surface area contributed by atoms with Crippen molar-refractivity contribution in [2.75, 3.05) is 18.0 Å². The first-order valence-electron chi connectivity index (χ1n) is 6.24. The second kappa shape index (κ2) is 4.55. The third-order valence-electron chi connectivity index (χ3n) is 3.49. The first kappa shape index (κ1) is 12.8. The van der Waals surface area contributed by atoms with Crippen LogP contribution in [-0.2, 0) is 4.79 Å². The van der Waals surface area contributed by atoms with Crippen LogP contribution in [0.5, 0.6) is 0 Å². The van der Waals surface area contributed by atoms with Crippen LogP contribution >= 0.6 is 0 Å². The summed E-state index contributed by atoms with van der Waals surface area (Å²) < 4.78 is 0. The molecule has 1 aliphatic heterocycles. The molecule has 0 aliphatic carbocycles. The second-order valence-corrected chi connectivity index (χ2v) is 5.47. The molecule has 98 valence electrons. The van der Waals surface area contributed by atoms with Crippen LogP contribution < -0.4 is 4.90 Å². The van der Waals surface area contributed by atoms with Crippen LogP contribution in [0.4, 0.5) is 5.82 Å². The zero-order valence-electron chi connectivity index (χ0n) is 11.1. The van der Waals surface area contributed by atoms with E-state index in [-0.39, 0.29) is 5.92 Å². The number of carbonyl (C=O) groups is 1. The van der Waals surface area contributed by atoms with Gasteiger partial charge in [0.1, 0.15) is 11.6 Å². The van der Waals surface area contributed by atoms with E-state index in [0.717, 1.165) is 18.2 Å². The van der Waals surface area contributed by atoms with Gasteiger partial charge in [0.25, 0.3) is 0 Å². The zero-order valence-corrected chi connectivity index (χ0v) is 11.1. The van der Waals surface area contributed by atoms with Gasteiger partial charge in [-0.25, -0.2) is 9.97 Å². The van der Waals surface area contributed by atoms with Crippen LogP contribution in [0.25, 0.3) is 0 Å². The van der Waals surface area contributed by atoms with Crippen LogP contribution in [0.3, 0.4) is 0 Å². The van der Waals surface area contributed by atoms with Crippen molar-refractivity contribution in [3.8, 4) is 0 Å². The van der Waals surface area contributed by atoms with E-state index in [2.05, 4.69) is 9.97 Å². The summed E-state index contributed by atoms with van der Waals surface area (Å²) in [4.78, 5) is 22.0. The van der Waals surface area contributed by atoms with Gasteiger partial charge in [-0.2, -0.15) is 0 Å². The number of hydrogen-bond donors (Lipinski definition) is 1. The minimum absolute atomic E-state index is 0.276. The summed E-state index contributed by atoms with van der Waals surface area (Å²) in [5.41, 5.74) is -0.664. The Balaban J connectivity index is 2.19. The van der Waals surface area contributed by atoms with E-state index in [4.69, 9.17) is 0 Å². The Morgan fingerprint density at radius 1 is 1.56 bits per heavy atom. The van der Waals surface area contributed by atoms with Crippen LogP contribution in [-0.4, -0.2) is 34.1 Å². The molecule has 0 saturated carbocycles. The molecule has 1 atom stereocenters. The third-order valence-corrected chi connectivity index (χ3v) is 3.49. The molecule has 1 N–H and O–H groups in total. The molecule has 0 amide bonds. The van der Waals surface area contributed by atoms with Gasteiger partial charge in [-0.1, -0.05) is 13.8 Å². The summed E-state index contributed by atoms with van der Waals surface area (Å²) in [5, 5.41) is 9.22. The molecule has 5 heteroatoms. The molecule has 1 aromatic rings. The number of anilines is 1. The van der Waals surface area contributed by atoms with Crippen LogP contribution in [0.2, 0.25) is 0 Å². The predicted octanol–water partition coefficient (Wildman–Crippen LogP) is 1.90. The summed E-state index contributed by atoms with van der Waals surface area (Å²) in [6, 6.07) is 1.85. The average molecular weight is 249 g/mol. The Kier molecular flexibility index (Phi) is 3.24. The van der Waals surface area contributed by atoms with Crippen LogP contribution in [0.15, 0.2) is 12.3 Å². The third kappa shape index (κ3) is 2.30. The van der Waals surface area contributed by atoms with E-state index >= 15 is 0 Å². The first-order valence-corrected chi connectivity index (χ1v) is 6.24. The lowest BCUT2D eigenvalue weighted by Gasteiger charge is -2.21. The van der Waals surface area contributed by atoms with Gasteiger partial charge in [-0.15, -0.1) is 0 Å². The van der Waals surface area contributed by atoms with E-state index in [1.165, 1.54) is 0 Å². The lowest BCUT2D eigenvalue weighted by molar-refractivity contribution is -0.146. The molecular weight excluding hydrogens is 230 g/mol. The van der Waals surface area contributed by atoms with Gasteiger partial charge in [-0.05, 0) is 19.4 Å². The fraction of sp³-hybridized carbons (Fsp3) is 0.615. The fourth-order valence-electron chi connectivity index (χ4n) is 2.15. The van der Waals surface area contributed by atoms with E-state index in [9.17, 15) is 9.90 Å².